The van der Waals surface area contributed by atoms with Crippen molar-refractivity contribution in [3.63, 3.8) is 0 Å². The highest BCUT2D eigenvalue weighted by molar-refractivity contribution is 5.72. The molecule has 0 spiro atoms. The average molecular weight is 185 g/mol. The van der Waals surface area contributed by atoms with Crippen LogP contribution in [-0.4, -0.2) is 37.6 Å². The Labute approximate surface area is 80.1 Å². The van der Waals surface area contributed by atoms with Crippen molar-refractivity contribution in [1.82, 2.24) is 4.90 Å². The largest absolute Gasteiger partial charge is 0.465 e. The molecule has 3 nitrogen and oxygen atoms in total. The van der Waals surface area contributed by atoms with Crippen molar-refractivity contribution in [3.05, 3.63) is 0 Å². The Balaban J connectivity index is 2.28. The number of hydrogen-bond donors (Lipinski definition) is 0. The number of hydrogen-bond acceptors (Lipinski definition) is 3. The van der Waals surface area contributed by atoms with Gasteiger partial charge in [-0.25, -0.2) is 0 Å². The number of carbonyl (C=O) groups is 1. The van der Waals surface area contributed by atoms with Crippen molar-refractivity contribution in [2.75, 3.05) is 26.7 Å². The molecule has 1 rings (SSSR count). The highest BCUT2D eigenvalue weighted by Crippen LogP contribution is 2.16. The third kappa shape index (κ3) is 3.35. The molecule has 13 heavy (non-hydrogen) atoms. The van der Waals surface area contributed by atoms with Crippen LogP contribution in [-0.2, 0) is 9.53 Å². The summed E-state index contributed by atoms with van der Waals surface area (Å²) in [5.74, 6) is 0.110. The monoisotopic (exact) mass is 185 g/mol. The van der Waals surface area contributed by atoms with Gasteiger partial charge in [-0.1, -0.05) is 6.92 Å². The van der Waals surface area contributed by atoms with Crippen molar-refractivity contribution >= 4 is 5.97 Å². The molecule has 0 bridgehead atoms. The van der Waals surface area contributed by atoms with Crippen LogP contribution in [0.1, 0.15) is 26.2 Å². The first-order chi connectivity index (χ1) is 6.24. The maximum atomic E-state index is 11.5. The summed E-state index contributed by atoms with van der Waals surface area (Å²) in [4.78, 5) is 13.6. The molecule has 76 valence electrons. The maximum absolute atomic E-state index is 11.5. The van der Waals surface area contributed by atoms with Crippen LogP contribution in [0.25, 0.3) is 0 Å². The van der Waals surface area contributed by atoms with E-state index in [1.165, 1.54) is 0 Å². The third-order valence-corrected chi connectivity index (χ3v) is 2.41. The molecule has 1 aliphatic heterocycles. The molecule has 1 fully saturated rings. The Morgan fingerprint density at radius 3 is 3.00 bits per heavy atom. The van der Waals surface area contributed by atoms with Gasteiger partial charge in [-0.3, -0.25) is 4.79 Å². The van der Waals surface area contributed by atoms with Crippen molar-refractivity contribution in [1.29, 1.82) is 0 Å². The molecule has 1 atom stereocenters. The van der Waals surface area contributed by atoms with Crippen LogP contribution in [0.3, 0.4) is 0 Å². The fourth-order valence-electron chi connectivity index (χ4n) is 1.68. The van der Waals surface area contributed by atoms with Gasteiger partial charge in [0.15, 0.2) is 0 Å². The van der Waals surface area contributed by atoms with E-state index in [4.69, 9.17) is 4.74 Å². The molecule has 1 unspecified atom stereocenters. The Hall–Kier alpha value is -0.570. The standard InChI is InChI=1S/C10H19NO2/c1-3-7-13-10(12)9-5-4-6-11(2)8-9/h9H,3-8H2,1-2H3. The molecular weight excluding hydrogens is 166 g/mol. The average Bonchev–Trinajstić information content (AvgIpc) is 2.14. The molecular formula is C10H19NO2. The van der Waals surface area contributed by atoms with Crippen molar-refractivity contribution < 1.29 is 9.53 Å². The van der Waals surface area contributed by atoms with Crippen molar-refractivity contribution in [2.45, 2.75) is 26.2 Å². The number of carbonyl (C=O) groups excluding carboxylic acids is 1. The second-order valence-electron chi connectivity index (χ2n) is 3.77. The molecule has 1 saturated heterocycles. The first-order valence-corrected chi connectivity index (χ1v) is 5.09. The Morgan fingerprint density at radius 1 is 1.62 bits per heavy atom. The van der Waals surface area contributed by atoms with E-state index in [9.17, 15) is 4.79 Å². The second-order valence-corrected chi connectivity index (χ2v) is 3.77. The van der Waals surface area contributed by atoms with Gasteiger partial charge in [0.2, 0.25) is 0 Å². The van der Waals surface area contributed by atoms with E-state index in [2.05, 4.69) is 11.9 Å². The first kappa shape index (κ1) is 10.5. The van der Waals surface area contributed by atoms with Crippen LogP contribution in [0.15, 0.2) is 0 Å². The maximum Gasteiger partial charge on any atom is 0.310 e. The van der Waals surface area contributed by atoms with Gasteiger partial charge in [0.25, 0.3) is 0 Å². The Morgan fingerprint density at radius 2 is 2.38 bits per heavy atom. The zero-order valence-corrected chi connectivity index (χ0v) is 8.58. The lowest BCUT2D eigenvalue weighted by molar-refractivity contribution is -0.150. The number of piperidine rings is 1. The van der Waals surface area contributed by atoms with Crippen LogP contribution in [0, 0.1) is 5.92 Å². The molecule has 0 amide bonds. The molecule has 1 aliphatic rings. The predicted octanol–water partition coefficient (Wildman–Crippen LogP) is 1.28. The van der Waals surface area contributed by atoms with Crippen LogP contribution in [0.4, 0.5) is 0 Å². The number of likely N-dealkylation sites (tertiary alicyclic amines) is 1. The molecule has 0 N–H and O–H groups in total. The number of nitrogens with zero attached hydrogens (tertiary/aromatic N) is 1. The normalized spacial score (nSPS) is 24.3. The fourth-order valence-corrected chi connectivity index (χ4v) is 1.68. The third-order valence-electron chi connectivity index (χ3n) is 2.41. The molecule has 0 aliphatic carbocycles. The lowest BCUT2D eigenvalue weighted by Crippen LogP contribution is -2.36. The number of rotatable bonds is 3. The zero-order valence-electron chi connectivity index (χ0n) is 8.58. The van der Waals surface area contributed by atoms with E-state index in [1.807, 2.05) is 6.92 Å². The van der Waals surface area contributed by atoms with E-state index >= 15 is 0 Å². The van der Waals surface area contributed by atoms with E-state index in [0.29, 0.717) is 6.61 Å². The summed E-state index contributed by atoms with van der Waals surface area (Å²) in [6.07, 6.45) is 3.02. The molecule has 3 heteroatoms. The zero-order chi connectivity index (χ0) is 9.68. The summed E-state index contributed by atoms with van der Waals surface area (Å²) in [6.45, 7) is 4.55. The topological polar surface area (TPSA) is 29.5 Å². The van der Waals surface area contributed by atoms with E-state index in [0.717, 1.165) is 32.4 Å². The molecule has 0 radical (unpaired) electrons. The Bertz CT molecular complexity index is 170. The molecule has 1 heterocycles. The van der Waals surface area contributed by atoms with Gasteiger partial charge in [0, 0.05) is 6.54 Å². The van der Waals surface area contributed by atoms with Crippen LogP contribution < -0.4 is 0 Å². The minimum Gasteiger partial charge on any atom is -0.465 e. The van der Waals surface area contributed by atoms with Crippen LogP contribution in [0.5, 0.6) is 0 Å². The predicted molar refractivity (Wildman–Crippen MR) is 51.5 cm³/mol. The molecule has 0 aromatic heterocycles. The first-order valence-electron chi connectivity index (χ1n) is 5.09. The van der Waals surface area contributed by atoms with Gasteiger partial charge in [0.1, 0.15) is 0 Å². The van der Waals surface area contributed by atoms with Crippen LogP contribution in [0.2, 0.25) is 0 Å². The van der Waals surface area contributed by atoms with Gasteiger partial charge in [-0.2, -0.15) is 0 Å². The fraction of sp³-hybridized carbons (Fsp3) is 0.900. The summed E-state index contributed by atoms with van der Waals surface area (Å²) in [5.41, 5.74) is 0. The van der Waals surface area contributed by atoms with E-state index < -0.39 is 0 Å². The van der Waals surface area contributed by atoms with Crippen molar-refractivity contribution in [3.8, 4) is 0 Å². The van der Waals surface area contributed by atoms with Gasteiger partial charge in [-0.05, 0) is 32.9 Å². The lowest BCUT2D eigenvalue weighted by Gasteiger charge is -2.28. The highest BCUT2D eigenvalue weighted by Gasteiger charge is 2.24. The second kappa shape index (κ2) is 5.22. The Kier molecular flexibility index (Phi) is 4.22. The molecule has 0 saturated carbocycles. The van der Waals surface area contributed by atoms with Gasteiger partial charge in [0.05, 0.1) is 12.5 Å². The quantitative estimate of drug-likeness (QED) is 0.620. The van der Waals surface area contributed by atoms with Crippen LogP contribution >= 0.6 is 0 Å². The summed E-state index contributed by atoms with van der Waals surface area (Å²) >= 11 is 0. The minimum absolute atomic E-state index is 0.00611. The van der Waals surface area contributed by atoms with Gasteiger partial charge in [-0.15, -0.1) is 0 Å². The van der Waals surface area contributed by atoms with Gasteiger partial charge >= 0.3 is 5.97 Å². The lowest BCUT2D eigenvalue weighted by atomic mass is 9.99. The summed E-state index contributed by atoms with van der Waals surface area (Å²) in [7, 11) is 2.05. The highest BCUT2D eigenvalue weighted by atomic mass is 16.5. The molecule has 0 aromatic carbocycles. The van der Waals surface area contributed by atoms with E-state index in [-0.39, 0.29) is 11.9 Å². The van der Waals surface area contributed by atoms with E-state index in [1.54, 1.807) is 0 Å². The molecule has 0 aromatic rings. The summed E-state index contributed by atoms with van der Waals surface area (Å²) in [5, 5.41) is 0. The SMILES string of the molecule is CCCOC(=O)C1CCCN(C)C1. The number of esters is 1. The summed E-state index contributed by atoms with van der Waals surface area (Å²) in [6, 6.07) is 0. The van der Waals surface area contributed by atoms with Gasteiger partial charge < -0.3 is 9.64 Å². The number of ether oxygens (including phenoxy) is 1. The summed E-state index contributed by atoms with van der Waals surface area (Å²) < 4.78 is 5.11. The smallest absolute Gasteiger partial charge is 0.310 e. The minimum atomic E-state index is -0.00611. The van der Waals surface area contributed by atoms with Crippen molar-refractivity contribution in [2.24, 2.45) is 5.92 Å².